The first-order valence-electron chi connectivity index (χ1n) is 5.59. The third-order valence-electron chi connectivity index (χ3n) is 2.81. The van der Waals surface area contributed by atoms with E-state index in [1.54, 1.807) is 0 Å². The second kappa shape index (κ2) is 5.60. The van der Waals surface area contributed by atoms with Crippen LogP contribution in [0.5, 0.6) is 0 Å². The van der Waals surface area contributed by atoms with E-state index in [4.69, 9.17) is 0 Å². The van der Waals surface area contributed by atoms with Gasteiger partial charge in [0.2, 0.25) is 0 Å². The monoisotopic (exact) mass is 283 g/mol. The van der Waals surface area contributed by atoms with Crippen molar-refractivity contribution < 1.29 is 4.39 Å². The fraction of sp³-hybridized carbons (Fsp3) is 0.385. The van der Waals surface area contributed by atoms with Crippen LogP contribution in [-0.4, -0.2) is 6.04 Å². The second-order valence-corrected chi connectivity index (χ2v) is 4.95. The van der Waals surface area contributed by atoms with E-state index in [-0.39, 0.29) is 5.82 Å². The smallest absolute Gasteiger partial charge is 0.137 e. The Labute approximate surface area is 104 Å². The number of nitrogens with one attached hydrogen (secondary N) is 1. The molecule has 1 aromatic carbocycles. The topological polar surface area (TPSA) is 12.0 Å². The zero-order valence-corrected chi connectivity index (χ0v) is 10.6. The maximum Gasteiger partial charge on any atom is 0.137 e. The third-order valence-corrected chi connectivity index (χ3v) is 3.41. The van der Waals surface area contributed by atoms with Gasteiger partial charge in [-0.25, -0.2) is 4.39 Å². The Hall–Kier alpha value is -0.670. The molecule has 0 spiro atoms. The van der Waals surface area contributed by atoms with Crippen molar-refractivity contribution in [2.45, 2.75) is 31.8 Å². The Morgan fingerprint density at radius 3 is 3.00 bits per heavy atom. The van der Waals surface area contributed by atoms with Crippen LogP contribution in [0.1, 0.15) is 24.8 Å². The summed E-state index contributed by atoms with van der Waals surface area (Å²) in [6.07, 6.45) is 8.09. The summed E-state index contributed by atoms with van der Waals surface area (Å²) >= 11 is 3.20. The molecule has 1 nitrogen and oxygen atoms in total. The first-order chi connectivity index (χ1) is 7.75. The van der Waals surface area contributed by atoms with Crippen molar-refractivity contribution in [1.29, 1.82) is 0 Å². The second-order valence-electron chi connectivity index (χ2n) is 4.09. The van der Waals surface area contributed by atoms with Crippen molar-refractivity contribution in [3.05, 3.63) is 46.2 Å². The lowest BCUT2D eigenvalue weighted by Gasteiger charge is -2.18. The molecule has 1 atom stereocenters. The maximum absolute atomic E-state index is 13.0. The van der Waals surface area contributed by atoms with Gasteiger partial charge in [0.05, 0.1) is 4.47 Å². The largest absolute Gasteiger partial charge is 0.306 e. The van der Waals surface area contributed by atoms with E-state index in [0.717, 1.165) is 12.1 Å². The quantitative estimate of drug-likeness (QED) is 0.833. The van der Waals surface area contributed by atoms with Gasteiger partial charge < -0.3 is 5.32 Å². The minimum atomic E-state index is -0.207. The van der Waals surface area contributed by atoms with Crippen LogP contribution in [0.3, 0.4) is 0 Å². The van der Waals surface area contributed by atoms with E-state index in [9.17, 15) is 4.39 Å². The number of hydrogen-bond donors (Lipinski definition) is 1. The Morgan fingerprint density at radius 1 is 1.44 bits per heavy atom. The third kappa shape index (κ3) is 3.16. The molecule has 1 unspecified atom stereocenters. The van der Waals surface area contributed by atoms with Crippen LogP contribution >= 0.6 is 15.9 Å². The lowest BCUT2D eigenvalue weighted by atomic mass is 10.0. The molecule has 3 heteroatoms. The predicted octanol–water partition coefficient (Wildman–Crippen LogP) is 3.79. The van der Waals surface area contributed by atoms with Gasteiger partial charge in [0.1, 0.15) is 5.82 Å². The number of hydrogen-bond acceptors (Lipinski definition) is 1. The average molecular weight is 284 g/mol. The molecule has 0 bridgehead atoms. The van der Waals surface area contributed by atoms with Gasteiger partial charge in [-0.3, -0.25) is 0 Å². The molecule has 0 radical (unpaired) electrons. The van der Waals surface area contributed by atoms with Crippen molar-refractivity contribution in [3.8, 4) is 0 Å². The molecule has 0 fully saturated rings. The van der Waals surface area contributed by atoms with E-state index in [1.807, 2.05) is 12.1 Å². The van der Waals surface area contributed by atoms with E-state index >= 15 is 0 Å². The van der Waals surface area contributed by atoms with Crippen LogP contribution in [0.15, 0.2) is 34.8 Å². The molecule has 1 aliphatic carbocycles. The lowest BCUT2D eigenvalue weighted by molar-refractivity contribution is 0.521. The molecule has 86 valence electrons. The van der Waals surface area contributed by atoms with Gasteiger partial charge in [-0.15, -0.1) is 0 Å². The van der Waals surface area contributed by atoms with Crippen LogP contribution < -0.4 is 5.32 Å². The Balaban J connectivity index is 1.91. The normalized spacial score (nSPS) is 20.0. The number of allylic oxidation sites excluding steroid dienone is 1. The molecule has 1 N–H and O–H groups in total. The summed E-state index contributed by atoms with van der Waals surface area (Å²) in [5, 5.41) is 3.45. The fourth-order valence-corrected chi connectivity index (χ4v) is 2.31. The highest BCUT2D eigenvalue weighted by atomic mass is 79.9. The molecular formula is C13H15BrFN. The summed E-state index contributed by atoms with van der Waals surface area (Å²) in [4.78, 5) is 0. The van der Waals surface area contributed by atoms with Crippen molar-refractivity contribution in [2.75, 3.05) is 0 Å². The molecule has 0 saturated heterocycles. The fourth-order valence-electron chi connectivity index (χ4n) is 1.88. The van der Waals surface area contributed by atoms with Crippen LogP contribution in [0, 0.1) is 5.82 Å². The highest BCUT2D eigenvalue weighted by Crippen LogP contribution is 2.17. The molecule has 0 heterocycles. The lowest BCUT2D eigenvalue weighted by Crippen LogP contribution is -2.27. The Morgan fingerprint density at radius 2 is 2.31 bits per heavy atom. The minimum Gasteiger partial charge on any atom is -0.306 e. The summed E-state index contributed by atoms with van der Waals surface area (Å²) in [6, 6.07) is 5.62. The van der Waals surface area contributed by atoms with Crippen LogP contribution in [0.4, 0.5) is 4.39 Å². The van der Waals surface area contributed by atoms with E-state index in [0.29, 0.717) is 10.5 Å². The van der Waals surface area contributed by atoms with Gasteiger partial charge in [0.25, 0.3) is 0 Å². The van der Waals surface area contributed by atoms with Crippen LogP contribution in [-0.2, 0) is 6.54 Å². The first kappa shape index (κ1) is 11.8. The number of halogens is 2. The van der Waals surface area contributed by atoms with Crippen molar-refractivity contribution in [1.82, 2.24) is 5.32 Å². The molecule has 0 amide bonds. The highest BCUT2D eigenvalue weighted by Gasteiger charge is 2.07. The zero-order chi connectivity index (χ0) is 11.4. The summed E-state index contributed by atoms with van der Waals surface area (Å²) in [7, 11) is 0. The number of benzene rings is 1. The maximum atomic E-state index is 13.0. The zero-order valence-electron chi connectivity index (χ0n) is 9.05. The highest BCUT2D eigenvalue weighted by molar-refractivity contribution is 9.10. The molecule has 0 aromatic heterocycles. The number of rotatable bonds is 3. The van der Waals surface area contributed by atoms with E-state index < -0.39 is 0 Å². The first-order valence-corrected chi connectivity index (χ1v) is 6.39. The van der Waals surface area contributed by atoms with Gasteiger partial charge in [-0.05, 0) is 52.9 Å². The SMILES string of the molecule is Fc1ccc(CNC2C=CCCC2)cc1Br. The van der Waals surface area contributed by atoms with Crippen LogP contribution in [0.25, 0.3) is 0 Å². The van der Waals surface area contributed by atoms with Gasteiger partial charge in [-0.2, -0.15) is 0 Å². The molecule has 16 heavy (non-hydrogen) atoms. The van der Waals surface area contributed by atoms with Gasteiger partial charge in [0.15, 0.2) is 0 Å². The Bertz CT molecular complexity index is 390. The van der Waals surface area contributed by atoms with Gasteiger partial charge in [0, 0.05) is 12.6 Å². The van der Waals surface area contributed by atoms with Crippen molar-refractivity contribution in [2.24, 2.45) is 0 Å². The summed E-state index contributed by atoms with van der Waals surface area (Å²) < 4.78 is 13.5. The molecule has 1 aromatic rings. The molecule has 1 aliphatic rings. The van der Waals surface area contributed by atoms with Crippen LogP contribution in [0.2, 0.25) is 0 Å². The molecule has 0 saturated carbocycles. The van der Waals surface area contributed by atoms with E-state index in [2.05, 4.69) is 33.4 Å². The molecular weight excluding hydrogens is 269 g/mol. The van der Waals surface area contributed by atoms with Crippen molar-refractivity contribution in [3.63, 3.8) is 0 Å². The average Bonchev–Trinajstić information content (AvgIpc) is 2.32. The standard InChI is InChI=1S/C13H15BrFN/c14-12-8-10(6-7-13(12)15)9-16-11-4-2-1-3-5-11/h2,4,6-8,11,16H,1,3,5,9H2. The van der Waals surface area contributed by atoms with E-state index in [1.165, 1.54) is 25.3 Å². The summed E-state index contributed by atoms with van der Waals surface area (Å²) in [5.41, 5.74) is 1.10. The van der Waals surface area contributed by atoms with Gasteiger partial charge >= 0.3 is 0 Å². The summed E-state index contributed by atoms with van der Waals surface area (Å²) in [5.74, 6) is -0.207. The Kier molecular flexibility index (Phi) is 4.13. The minimum absolute atomic E-state index is 0.207. The van der Waals surface area contributed by atoms with Crippen molar-refractivity contribution >= 4 is 15.9 Å². The summed E-state index contributed by atoms with van der Waals surface area (Å²) in [6.45, 7) is 0.786. The van der Waals surface area contributed by atoms with Gasteiger partial charge in [-0.1, -0.05) is 18.2 Å². The molecule has 0 aliphatic heterocycles. The molecule has 2 rings (SSSR count). The predicted molar refractivity (Wildman–Crippen MR) is 67.7 cm³/mol.